The third-order valence-electron chi connectivity index (χ3n) is 6.81. The molecule has 36 heavy (non-hydrogen) atoms. The van der Waals surface area contributed by atoms with Crippen LogP contribution in [0.4, 0.5) is 5.69 Å². The Morgan fingerprint density at radius 2 is 1.69 bits per heavy atom. The van der Waals surface area contributed by atoms with Crippen LogP contribution in [0.15, 0.2) is 48.5 Å². The molecule has 0 spiro atoms. The lowest BCUT2D eigenvalue weighted by atomic mass is 10.0. The highest BCUT2D eigenvalue weighted by molar-refractivity contribution is 7.92. The average molecular weight is 514 g/mol. The van der Waals surface area contributed by atoms with Gasteiger partial charge in [-0.25, -0.2) is 8.42 Å². The first-order valence-electron chi connectivity index (χ1n) is 12.7. The molecular weight excluding hydrogens is 474 g/mol. The number of nitrogens with one attached hydrogen (secondary N) is 1. The molecule has 0 bridgehead atoms. The van der Waals surface area contributed by atoms with Crippen LogP contribution in [-0.4, -0.2) is 50.0 Å². The van der Waals surface area contributed by atoms with E-state index in [9.17, 15) is 18.0 Å². The summed E-state index contributed by atoms with van der Waals surface area (Å²) in [4.78, 5) is 28.4. The van der Waals surface area contributed by atoms with Crippen LogP contribution in [0.3, 0.4) is 0 Å². The van der Waals surface area contributed by atoms with Crippen molar-refractivity contribution >= 4 is 27.5 Å². The number of aryl methyl sites for hydroxylation is 1. The van der Waals surface area contributed by atoms with Crippen molar-refractivity contribution in [2.24, 2.45) is 0 Å². The fourth-order valence-electron chi connectivity index (χ4n) is 4.78. The van der Waals surface area contributed by atoms with E-state index in [0.29, 0.717) is 5.69 Å². The largest absolute Gasteiger partial charge is 0.352 e. The van der Waals surface area contributed by atoms with Crippen LogP contribution in [0.2, 0.25) is 0 Å². The van der Waals surface area contributed by atoms with Crippen molar-refractivity contribution in [2.75, 3.05) is 17.1 Å². The number of anilines is 1. The van der Waals surface area contributed by atoms with Crippen LogP contribution in [0.25, 0.3) is 0 Å². The number of hydrogen-bond donors (Lipinski definition) is 1. The first-order valence-corrected chi connectivity index (χ1v) is 14.5. The van der Waals surface area contributed by atoms with Crippen LogP contribution in [-0.2, 0) is 26.2 Å². The second-order valence-electron chi connectivity index (χ2n) is 10.2. The predicted molar refractivity (Wildman–Crippen MR) is 144 cm³/mol. The first kappa shape index (κ1) is 27.7. The van der Waals surface area contributed by atoms with Crippen LogP contribution in [0, 0.1) is 6.92 Å². The number of carbonyl (C=O) groups is 2. The molecule has 0 heterocycles. The van der Waals surface area contributed by atoms with Gasteiger partial charge in [0.05, 0.1) is 11.9 Å². The topological polar surface area (TPSA) is 86.8 Å². The molecule has 0 radical (unpaired) electrons. The van der Waals surface area contributed by atoms with Crippen molar-refractivity contribution < 1.29 is 18.0 Å². The first-order chi connectivity index (χ1) is 17.0. The van der Waals surface area contributed by atoms with Crippen LogP contribution >= 0.6 is 0 Å². The van der Waals surface area contributed by atoms with E-state index in [-0.39, 0.29) is 31.0 Å². The summed E-state index contributed by atoms with van der Waals surface area (Å²) in [6.45, 7) is 7.49. The molecule has 2 amide bonds. The Kier molecular flexibility index (Phi) is 9.17. The Labute approximate surface area is 215 Å². The highest BCUT2D eigenvalue weighted by Gasteiger charge is 2.32. The molecule has 8 heteroatoms. The molecule has 0 unspecified atom stereocenters. The van der Waals surface area contributed by atoms with Crippen molar-refractivity contribution in [3.05, 3.63) is 65.2 Å². The monoisotopic (exact) mass is 513 g/mol. The third-order valence-corrected chi connectivity index (χ3v) is 7.94. The minimum absolute atomic E-state index is 0.0695. The smallest absolute Gasteiger partial charge is 0.244 e. The van der Waals surface area contributed by atoms with Gasteiger partial charge in [0.2, 0.25) is 21.8 Å². The molecule has 0 aliphatic heterocycles. The fraction of sp³-hybridized carbons (Fsp3) is 0.500. The molecule has 196 valence electrons. The highest BCUT2D eigenvalue weighted by Crippen LogP contribution is 2.29. The molecule has 1 saturated carbocycles. The summed E-state index contributed by atoms with van der Waals surface area (Å²) in [6.07, 6.45) is 5.17. The van der Waals surface area contributed by atoms with Gasteiger partial charge in [-0.15, -0.1) is 0 Å². The van der Waals surface area contributed by atoms with Gasteiger partial charge in [0.15, 0.2) is 0 Å². The van der Waals surface area contributed by atoms with Crippen LogP contribution in [0.1, 0.15) is 69.1 Å². The summed E-state index contributed by atoms with van der Waals surface area (Å²) in [5.74, 6) is -0.564. The number of hydrogen-bond acceptors (Lipinski definition) is 4. The number of carbonyl (C=O) groups excluding carboxylic acids is 2. The number of rotatable bonds is 10. The van der Waals surface area contributed by atoms with Gasteiger partial charge in [-0.05, 0) is 49.8 Å². The van der Waals surface area contributed by atoms with Crippen LogP contribution < -0.4 is 9.62 Å². The van der Waals surface area contributed by atoms with E-state index in [4.69, 9.17) is 0 Å². The predicted octanol–water partition coefficient (Wildman–Crippen LogP) is 4.36. The maximum Gasteiger partial charge on any atom is 0.244 e. The molecule has 0 aromatic heterocycles. The second-order valence-corrected chi connectivity index (χ2v) is 12.1. The molecule has 2 aromatic carbocycles. The van der Waals surface area contributed by atoms with E-state index < -0.39 is 22.0 Å². The van der Waals surface area contributed by atoms with Gasteiger partial charge < -0.3 is 10.2 Å². The lowest BCUT2D eigenvalue weighted by Gasteiger charge is -2.33. The Hall–Kier alpha value is -2.87. The lowest BCUT2D eigenvalue weighted by Crippen LogP contribution is -2.52. The SMILES string of the molecule is Cc1cccc(CN(C(=O)CN(c2ccccc2C(C)C)S(C)(=O)=O)[C@@H](C)C(=O)NC2CCCC2)c1. The summed E-state index contributed by atoms with van der Waals surface area (Å²) in [7, 11) is -3.76. The standard InChI is InChI=1S/C28H39N3O4S/c1-20(2)25-15-8-9-16-26(25)31(36(5,34)35)19-27(32)30(18-23-12-10-11-21(3)17-23)22(4)28(33)29-24-13-6-7-14-24/h8-12,15-17,20,22,24H,6-7,13-14,18-19H2,1-5H3,(H,29,33)/t22-/m0/s1. The van der Waals surface area contributed by atoms with E-state index in [0.717, 1.165) is 52.9 Å². The van der Waals surface area contributed by atoms with Crippen molar-refractivity contribution in [2.45, 2.75) is 77.9 Å². The lowest BCUT2D eigenvalue weighted by molar-refractivity contribution is -0.139. The summed E-state index contributed by atoms with van der Waals surface area (Å²) >= 11 is 0. The van der Waals surface area contributed by atoms with Gasteiger partial charge in [0.25, 0.3) is 0 Å². The Balaban J connectivity index is 1.93. The van der Waals surface area contributed by atoms with Crippen molar-refractivity contribution in [1.82, 2.24) is 10.2 Å². The fourth-order valence-corrected chi connectivity index (χ4v) is 5.65. The zero-order chi connectivity index (χ0) is 26.5. The van der Waals surface area contributed by atoms with Crippen LogP contribution in [0.5, 0.6) is 0 Å². The van der Waals surface area contributed by atoms with Gasteiger partial charge in [0, 0.05) is 12.6 Å². The molecule has 1 aliphatic carbocycles. The number of benzene rings is 2. The van der Waals surface area contributed by atoms with Gasteiger partial charge >= 0.3 is 0 Å². The maximum atomic E-state index is 13.8. The minimum Gasteiger partial charge on any atom is -0.352 e. The van der Waals surface area contributed by atoms with E-state index in [2.05, 4.69) is 5.32 Å². The summed E-state index contributed by atoms with van der Waals surface area (Å²) in [5, 5.41) is 3.09. The zero-order valence-corrected chi connectivity index (χ0v) is 22.8. The molecule has 2 aromatic rings. The third kappa shape index (κ3) is 7.09. The summed E-state index contributed by atoms with van der Waals surface area (Å²) < 4.78 is 26.9. The molecule has 1 fully saturated rings. The summed E-state index contributed by atoms with van der Waals surface area (Å²) in [5.41, 5.74) is 3.26. The number of nitrogens with zero attached hydrogens (tertiary/aromatic N) is 2. The van der Waals surface area contributed by atoms with Gasteiger partial charge in [0.1, 0.15) is 12.6 Å². The van der Waals surface area contributed by atoms with E-state index in [1.165, 1.54) is 4.90 Å². The summed E-state index contributed by atoms with van der Waals surface area (Å²) in [6, 6.07) is 14.4. The quantitative estimate of drug-likeness (QED) is 0.511. The molecule has 3 rings (SSSR count). The molecular formula is C28H39N3O4S. The van der Waals surface area contributed by atoms with Gasteiger partial charge in [-0.2, -0.15) is 0 Å². The van der Waals surface area contributed by atoms with Crippen molar-refractivity contribution in [3.8, 4) is 0 Å². The number of para-hydroxylation sites is 1. The van der Waals surface area contributed by atoms with Crippen molar-refractivity contribution in [1.29, 1.82) is 0 Å². The average Bonchev–Trinajstić information content (AvgIpc) is 3.32. The van der Waals surface area contributed by atoms with E-state index >= 15 is 0 Å². The van der Waals surface area contributed by atoms with E-state index in [1.54, 1.807) is 19.1 Å². The Morgan fingerprint density at radius 1 is 1.03 bits per heavy atom. The Morgan fingerprint density at radius 3 is 2.31 bits per heavy atom. The van der Waals surface area contributed by atoms with Gasteiger partial charge in [-0.1, -0.05) is 74.7 Å². The minimum atomic E-state index is -3.76. The maximum absolute atomic E-state index is 13.8. The normalized spacial score (nSPS) is 15.1. The zero-order valence-electron chi connectivity index (χ0n) is 22.0. The van der Waals surface area contributed by atoms with Crippen molar-refractivity contribution in [3.63, 3.8) is 0 Å². The van der Waals surface area contributed by atoms with E-state index in [1.807, 2.05) is 57.2 Å². The number of sulfonamides is 1. The molecule has 0 saturated heterocycles. The molecule has 1 aliphatic rings. The highest BCUT2D eigenvalue weighted by atomic mass is 32.2. The molecule has 1 atom stereocenters. The van der Waals surface area contributed by atoms with Gasteiger partial charge in [-0.3, -0.25) is 13.9 Å². The Bertz CT molecular complexity index is 1170. The number of amides is 2. The molecule has 1 N–H and O–H groups in total. The molecule has 7 nitrogen and oxygen atoms in total. The second kappa shape index (κ2) is 11.9.